The van der Waals surface area contributed by atoms with Crippen LogP contribution in [0.2, 0.25) is 25.1 Å². The van der Waals surface area contributed by atoms with Gasteiger partial charge in [0, 0.05) is 10.0 Å². The Bertz CT molecular complexity index is 324. The summed E-state index contributed by atoms with van der Waals surface area (Å²) >= 11 is 32.0. The fraction of sp³-hybridized carbons (Fsp3) is 0. The Balaban J connectivity index is 3.56. The summed E-state index contributed by atoms with van der Waals surface area (Å²) < 4.78 is 0.780. The highest BCUT2D eigenvalue weighted by Crippen LogP contribution is 2.38. The zero-order chi connectivity index (χ0) is 10.2. The molecule has 0 N–H and O–H groups in total. The molecule has 0 saturated heterocycles. The molecule has 0 nitrogen and oxygen atoms in total. The van der Waals surface area contributed by atoms with E-state index in [1.807, 2.05) is 0 Å². The molecule has 1 aromatic carbocycles. The molecule has 0 aliphatic rings. The van der Waals surface area contributed by atoms with E-state index in [4.69, 9.17) is 58.0 Å². The van der Waals surface area contributed by atoms with Crippen molar-refractivity contribution in [2.45, 2.75) is 0 Å². The molecule has 1 rings (SSSR count). The Morgan fingerprint density at radius 3 is 1.31 bits per heavy atom. The molecule has 0 bridgehead atoms. The third kappa shape index (κ3) is 2.54. The number of rotatable bonds is 1. The number of halogens is 6. The molecular weight excluding hydrogens is 354 g/mol. The van der Waals surface area contributed by atoms with Crippen LogP contribution < -0.4 is 3.69 Å². The van der Waals surface area contributed by atoms with Crippen LogP contribution in [0.4, 0.5) is 0 Å². The Morgan fingerprint density at radius 2 is 1.00 bits per heavy atom. The average Bonchev–Trinajstić information content (AvgIpc) is 2.13. The van der Waals surface area contributed by atoms with Crippen molar-refractivity contribution in [1.29, 1.82) is 0 Å². The van der Waals surface area contributed by atoms with Gasteiger partial charge in [-0.25, -0.2) is 0 Å². The first kappa shape index (κ1) is 13.0. The quantitative estimate of drug-likeness (QED) is 0.393. The second-order valence-corrected chi connectivity index (χ2v) is 6.73. The molecule has 1 aromatic rings. The summed E-state index contributed by atoms with van der Waals surface area (Å²) in [5, 5.41) is 1.52. The highest BCUT2D eigenvalue weighted by molar-refractivity contribution is 9.23. The number of hydrogen-bond acceptors (Lipinski definition) is 0. The minimum absolute atomic E-state index is 0.206. The van der Waals surface area contributed by atoms with Crippen LogP contribution >= 0.6 is 70.9 Å². The zero-order valence-corrected chi connectivity index (χ0v) is 12.8. The van der Waals surface area contributed by atoms with Gasteiger partial charge in [-0.05, 0) is 0 Å². The second kappa shape index (κ2) is 5.31. The van der Waals surface area contributed by atoms with Crippen molar-refractivity contribution in [3.8, 4) is 0 Å². The first-order valence-electron chi connectivity index (χ1n) is 3.07. The standard InChI is InChI=1S/C6Cl5.BrH.Mg/c7-2-1-3(8)5(10)6(11)4(2)9;;/h;1H;/q;;+1/p-1. The van der Waals surface area contributed by atoms with Crippen LogP contribution in [0.5, 0.6) is 0 Å². The molecular formula is C6BrCl5Mg. The Kier molecular flexibility index (Phi) is 5.30. The van der Waals surface area contributed by atoms with Crippen molar-refractivity contribution in [1.82, 2.24) is 0 Å². The molecule has 0 fully saturated rings. The van der Waals surface area contributed by atoms with Crippen molar-refractivity contribution < 1.29 is 0 Å². The monoisotopic (exact) mass is 350 g/mol. The lowest BCUT2D eigenvalue weighted by Gasteiger charge is -2.10. The smallest absolute Gasteiger partial charge is 0.296 e. The molecule has 0 radical (unpaired) electrons. The summed E-state index contributed by atoms with van der Waals surface area (Å²) in [4.78, 5) is 0. The Morgan fingerprint density at radius 1 is 0.692 bits per heavy atom. The van der Waals surface area contributed by atoms with E-state index in [0.717, 1.165) is 3.69 Å². The molecule has 0 aliphatic carbocycles. The van der Waals surface area contributed by atoms with Gasteiger partial charge in [0.25, 0.3) is 0 Å². The molecule has 0 aromatic heterocycles. The topological polar surface area (TPSA) is 0 Å². The molecule has 0 atom stereocenters. The lowest BCUT2D eigenvalue weighted by molar-refractivity contribution is 1.75. The van der Waals surface area contributed by atoms with Gasteiger partial charge in [0.05, 0.1) is 15.1 Å². The predicted octanol–water partition coefficient (Wildman–Crippen LogP) is 4.59. The second-order valence-electron chi connectivity index (χ2n) is 2.18. The fourth-order valence-corrected chi connectivity index (χ4v) is 5.81. The van der Waals surface area contributed by atoms with E-state index in [-0.39, 0.29) is 15.1 Å². The zero-order valence-electron chi connectivity index (χ0n) is 5.97. The van der Waals surface area contributed by atoms with Gasteiger partial charge in [0.1, 0.15) is 0 Å². The van der Waals surface area contributed by atoms with Gasteiger partial charge < -0.3 is 0 Å². The highest BCUT2D eigenvalue weighted by atomic mass is 79.9. The maximum absolute atomic E-state index is 5.92. The maximum atomic E-state index is 5.92. The van der Waals surface area contributed by atoms with Crippen molar-refractivity contribution in [3.63, 3.8) is 0 Å². The van der Waals surface area contributed by atoms with Crippen LogP contribution in [0, 0.1) is 0 Å². The lowest BCUT2D eigenvalue weighted by atomic mass is 10.3. The Labute approximate surface area is 116 Å². The molecule has 7 heteroatoms. The lowest BCUT2D eigenvalue weighted by Crippen LogP contribution is -2.13. The van der Waals surface area contributed by atoms with Crippen molar-refractivity contribution >= 4 is 92.8 Å². The van der Waals surface area contributed by atoms with E-state index >= 15 is 0 Å². The summed E-state index contributed by atoms with van der Waals surface area (Å²) in [5.41, 5.74) is 0. The van der Waals surface area contributed by atoms with Crippen LogP contribution in [-0.2, 0) is 0 Å². The average molecular weight is 354 g/mol. The number of hydrogen-bond donors (Lipinski definition) is 0. The molecule has 0 unspecified atom stereocenters. The van der Waals surface area contributed by atoms with Crippen LogP contribution in [0.15, 0.2) is 0 Å². The van der Waals surface area contributed by atoms with E-state index in [2.05, 4.69) is 12.9 Å². The molecule has 0 spiro atoms. The highest BCUT2D eigenvalue weighted by Gasteiger charge is 2.18. The van der Waals surface area contributed by atoms with Gasteiger partial charge in [-0.15, -0.1) is 3.69 Å². The molecule has 0 aliphatic heterocycles. The van der Waals surface area contributed by atoms with Gasteiger partial charge in [-0.3, -0.25) is 12.9 Å². The first-order valence-corrected chi connectivity index (χ1v) is 9.56. The van der Waals surface area contributed by atoms with Crippen LogP contribution in [-0.4, -0.2) is 18.2 Å². The molecule has 13 heavy (non-hydrogen) atoms. The summed E-state index contributed by atoms with van der Waals surface area (Å²) in [6.45, 7) is 0. The molecule has 0 saturated carbocycles. The van der Waals surface area contributed by atoms with Crippen molar-refractivity contribution in [2.24, 2.45) is 0 Å². The van der Waals surface area contributed by atoms with Gasteiger partial charge in [-0.1, -0.05) is 58.0 Å². The Hall–Kier alpha value is 1.92. The van der Waals surface area contributed by atoms with E-state index < -0.39 is 18.2 Å². The van der Waals surface area contributed by atoms with Crippen LogP contribution in [0.3, 0.4) is 0 Å². The minimum Gasteiger partial charge on any atom is -0.296 e. The maximum Gasteiger partial charge on any atom is 0.511 e. The summed E-state index contributed by atoms with van der Waals surface area (Å²) in [7, 11) is 0. The third-order valence-corrected chi connectivity index (χ3v) is 6.89. The van der Waals surface area contributed by atoms with Crippen LogP contribution in [0.1, 0.15) is 0 Å². The van der Waals surface area contributed by atoms with E-state index in [9.17, 15) is 0 Å². The normalized spacial score (nSPS) is 10.0. The molecule has 0 heterocycles. The van der Waals surface area contributed by atoms with E-state index in [0.29, 0.717) is 10.0 Å². The summed E-state index contributed by atoms with van der Waals surface area (Å²) in [6.07, 6.45) is 0. The van der Waals surface area contributed by atoms with Crippen molar-refractivity contribution in [2.75, 3.05) is 0 Å². The third-order valence-electron chi connectivity index (χ3n) is 1.43. The number of benzene rings is 1. The molecule has 0 amide bonds. The van der Waals surface area contributed by atoms with E-state index in [1.54, 1.807) is 0 Å². The minimum atomic E-state index is -0.704. The van der Waals surface area contributed by atoms with Crippen molar-refractivity contribution in [3.05, 3.63) is 25.1 Å². The first-order chi connectivity index (χ1) is 6.00. The largest absolute Gasteiger partial charge is 0.511 e. The van der Waals surface area contributed by atoms with Crippen LogP contribution in [0.25, 0.3) is 0 Å². The van der Waals surface area contributed by atoms with Gasteiger partial charge in [0.15, 0.2) is 0 Å². The van der Waals surface area contributed by atoms with E-state index in [1.165, 1.54) is 0 Å². The summed E-state index contributed by atoms with van der Waals surface area (Å²) in [6, 6.07) is 0. The van der Waals surface area contributed by atoms with Gasteiger partial charge >= 0.3 is 18.2 Å². The fourth-order valence-electron chi connectivity index (χ4n) is 0.768. The molecule has 68 valence electrons. The van der Waals surface area contributed by atoms with Gasteiger partial charge in [0.2, 0.25) is 0 Å². The summed E-state index contributed by atoms with van der Waals surface area (Å²) in [5.74, 6) is 0. The predicted molar refractivity (Wildman–Crippen MR) is 65.8 cm³/mol. The van der Waals surface area contributed by atoms with Gasteiger partial charge in [-0.2, -0.15) is 0 Å². The SMILES string of the molecule is Clc1c(Cl)c(Cl)[c]([Mg][Br])c(Cl)c1Cl.